The van der Waals surface area contributed by atoms with Crippen LogP contribution in [0.4, 0.5) is 5.69 Å². The Hall–Kier alpha value is -1.69. The van der Waals surface area contributed by atoms with Crippen molar-refractivity contribution in [2.24, 2.45) is 5.92 Å². The Morgan fingerprint density at radius 3 is 2.40 bits per heavy atom. The summed E-state index contributed by atoms with van der Waals surface area (Å²) in [6.07, 6.45) is 3.95. The lowest BCUT2D eigenvalue weighted by Crippen LogP contribution is -2.43. The molecule has 0 radical (unpaired) electrons. The molecule has 2 heterocycles. The summed E-state index contributed by atoms with van der Waals surface area (Å²) in [5, 5.41) is 2.76. The predicted molar refractivity (Wildman–Crippen MR) is 113 cm³/mol. The maximum absolute atomic E-state index is 13.1. The smallest absolute Gasteiger partial charge is 0.246 e. The van der Waals surface area contributed by atoms with Crippen LogP contribution in [-0.2, 0) is 24.8 Å². The van der Waals surface area contributed by atoms with E-state index in [0.29, 0.717) is 44.8 Å². The third-order valence-corrected chi connectivity index (χ3v) is 8.61. The molecule has 1 aromatic rings. The van der Waals surface area contributed by atoms with Crippen LogP contribution in [0.5, 0.6) is 5.75 Å². The number of hydrogen-bond acceptors (Lipinski definition) is 6. The first-order valence-electron chi connectivity index (χ1n) is 10.2. The van der Waals surface area contributed by atoms with Crippen LogP contribution in [-0.4, -0.2) is 70.4 Å². The third-order valence-electron chi connectivity index (χ3n) is 5.42. The average molecular weight is 460 g/mol. The van der Waals surface area contributed by atoms with Crippen molar-refractivity contribution in [3.8, 4) is 5.75 Å². The van der Waals surface area contributed by atoms with Gasteiger partial charge in [-0.05, 0) is 50.8 Å². The van der Waals surface area contributed by atoms with Gasteiger partial charge in [-0.3, -0.25) is 4.79 Å². The molecule has 0 spiro atoms. The highest BCUT2D eigenvalue weighted by Crippen LogP contribution is 2.32. The maximum atomic E-state index is 13.1. The number of amides is 1. The molecule has 2 fully saturated rings. The van der Waals surface area contributed by atoms with Gasteiger partial charge in [0.25, 0.3) is 0 Å². The minimum absolute atomic E-state index is 0.0328. The van der Waals surface area contributed by atoms with Gasteiger partial charge in [0.15, 0.2) is 0 Å². The zero-order chi connectivity index (χ0) is 21.9. The Kier molecular flexibility index (Phi) is 7.05. The number of sulfonamides is 2. The van der Waals surface area contributed by atoms with E-state index in [4.69, 9.17) is 4.74 Å². The zero-order valence-corrected chi connectivity index (χ0v) is 19.0. The highest BCUT2D eigenvalue weighted by Gasteiger charge is 2.32. The molecule has 9 nitrogen and oxygen atoms in total. The fourth-order valence-electron chi connectivity index (χ4n) is 3.83. The minimum Gasteiger partial charge on any atom is -0.492 e. The van der Waals surface area contributed by atoms with Gasteiger partial charge in [-0.25, -0.2) is 21.1 Å². The molecule has 11 heteroatoms. The van der Waals surface area contributed by atoms with Gasteiger partial charge in [0.1, 0.15) is 10.6 Å². The predicted octanol–water partition coefficient (Wildman–Crippen LogP) is 1.48. The van der Waals surface area contributed by atoms with Crippen molar-refractivity contribution in [2.75, 3.05) is 44.4 Å². The van der Waals surface area contributed by atoms with Crippen LogP contribution in [0.2, 0.25) is 0 Å². The lowest BCUT2D eigenvalue weighted by atomic mass is 9.98. The standard InChI is InChI=1S/C19H29N3O6S2/c1-3-28-17-9-8-16(13-18(17)30(26,27)21-10-4-5-11-21)20-19(23)15-7-6-12-22(14-15)29(2,24)25/h8-9,13,15H,3-7,10-12,14H2,1-2H3,(H,20,23). The molecule has 2 saturated heterocycles. The number of nitrogens with zero attached hydrogens (tertiary/aromatic N) is 2. The molecule has 0 bridgehead atoms. The van der Waals surface area contributed by atoms with Crippen LogP contribution < -0.4 is 10.1 Å². The van der Waals surface area contributed by atoms with Gasteiger partial charge < -0.3 is 10.1 Å². The first-order valence-corrected chi connectivity index (χ1v) is 13.4. The molecule has 168 valence electrons. The van der Waals surface area contributed by atoms with Crippen LogP contribution in [0.3, 0.4) is 0 Å². The first kappa shape index (κ1) is 23.0. The number of nitrogens with one attached hydrogen (secondary N) is 1. The number of hydrogen-bond donors (Lipinski definition) is 1. The van der Waals surface area contributed by atoms with Crippen LogP contribution in [0.25, 0.3) is 0 Å². The molecule has 2 aliphatic rings. The molecule has 3 rings (SSSR count). The number of rotatable bonds is 7. The Labute approximate surface area is 178 Å². The van der Waals surface area contributed by atoms with Crippen molar-refractivity contribution >= 4 is 31.6 Å². The molecule has 1 amide bonds. The highest BCUT2D eigenvalue weighted by molar-refractivity contribution is 7.89. The van der Waals surface area contributed by atoms with Crippen molar-refractivity contribution in [3.05, 3.63) is 18.2 Å². The summed E-state index contributed by atoms with van der Waals surface area (Å²) in [4.78, 5) is 12.8. The summed E-state index contributed by atoms with van der Waals surface area (Å²) in [7, 11) is -7.09. The van der Waals surface area contributed by atoms with Gasteiger partial charge in [-0.15, -0.1) is 0 Å². The number of anilines is 1. The fraction of sp³-hybridized carbons (Fsp3) is 0.632. The molecular weight excluding hydrogens is 430 g/mol. The second-order valence-electron chi connectivity index (χ2n) is 7.66. The summed E-state index contributed by atoms with van der Waals surface area (Å²) >= 11 is 0. The summed E-state index contributed by atoms with van der Waals surface area (Å²) < 4.78 is 58.0. The molecule has 1 atom stereocenters. The van der Waals surface area contributed by atoms with Gasteiger partial charge in [0, 0.05) is 31.9 Å². The molecule has 2 aliphatic heterocycles. The van der Waals surface area contributed by atoms with Crippen molar-refractivity contribution in [3.63, 3.8) is 0 Å². The SMILES string of the molecule is CCOc1ccc(NC(=O)C2CCCN(S(C)(=O)=O)C2)cc1S(=O)(=O)N1CCCC1. The largest absolute Gasteiger partial charge is 0.492 e. The number of ether oxygens (including phenoxy) is 1. The number of benzene rings is 1. The Morgan fingerprint density at radius 2 is 1.77 bits per heavy atom. The van der Waals surface area contributed by atoms with Crippen LogP contribution in [0, 0.1) is 5.92 Å². The fourth-order valence-corrected chi connectivity index (χ4v) is 6.42. The number of carbonyl (C=O) groups is 1. The van der Waals surface area contributed by atoms with Crippen LogP contribution in [0.15, 0.2) is 23.1 Å². The Bertz CT molecular complexity index is 988. The quantitative estimate of drug-likeness (QED) is 0.661. The zero-order valence-electron chi connectivity index (χ0n) is 17.3. The van der Waals surface area contributed by atoms with E-state index < -0.39 is 26.0 Å². The second kappa shape index (κ2) is 9.21. The maximum Gasteiger partial charge on any atom is 0.246 e. The molecule has 0 saturated carbocycles. The van der Waals surface area contributed by atoms with Crippen LogP contribution in [0.1, 0.15) is 32.6 Å². The molecule has 30 heavy (non-hydrogen) atoms. The molecule has 1 N–H and O–H groups in total. The van der Waals surface area contributed by atoms with E-state index in [1.54, 1.807) is 19.1 Å². The number of carbonyl (C=O) groups excluding carboxylic acids is 1. The molecule has 0 aromatic heterocycles. The van der Waals surface area contributed by atoms with E-state index in [-0.39, 0.29) is 23.1 Å². The summed E-state index contributed by atoms with van der Waals surface area (Å²) in [6, 6.07) is 4.57. The third kappa shape index (κ3) is 5.13. The summed E-state index contributed by atoms with van der Waals surface area (Å²) in [5.41, 5.74) is 0.345. The Balaban J connectivity index is 1.82. The molecular formula is C19H29N3O6S2. The van der Waals surface area contributed by atoms with Gasteiger partial charge in [-0.2, -0.15) is 4.31 Å². The second-order valence-corrected chi connectivity index (χ2v) is 11.5. The van der Waals surface area contributed by atoms with Crippen molar-refractivity contribution in [2.45, 2.75) is 37.5 Å². The van der Waals surface area contributed by atoms with Crippen molar-refractivity contribution in [1.29, 1.82) is 0 Å². The lowest BCUT2D eigenvalue weighted by Gasteiger charge is -2.30. The van der Waals surface area contributed by atoms with E-state index in [1.807, 2.05) is 0 Å². The highest BCUT2D eigenvalue weighted by atomic mass is 32.2. The van der Waals surface area contributed by atoms with Gasteiger partial charge >= 0.3 is 0 Å². The molecule has 0 aliphatic carbocycles. The number of piperidine rings is 1. The topological polar surface area (TPSA) is 113 Å². The monoisotopic (exact) mass is 459 g/mol. The summed E-state index contributed by atoms with van der Waals surface area (Å²) in [6.45, 7) is 3.56. The van der Waals surface area contributed by atoms with E-state index >= 15 is 0 Å². The summed E-state index contributed by atoms with van der Waals surface area (Å²) in [5.74, 6) is -0.556. The average Bonchev–Trinajstić information content (AvgIpc) is 3.24. The van der Waals surface area contributed by atoms with Crippen molar-refractivity contribution < 1.29 is 26.4 Å². The van der Waals surface area contributed by atoms with Gasteiger partial charge in [-0.1, -0.05) is 0 Å². The van der Waals surface area contributed by atoms with E-state index in [0.717, 1.165) is 19.1 Å². The Morgan fingerprint density at radius 1 is 1.10 bits per heavy atom. The molecule has 1 aromatic carbocycles. The van der Waals surface area contributed by atoms with E-state index in [1.165, 1.54) is 14.7 Å². The first-order chi connectivity index (χ1) is 14.1. The van der Waals surface area contributed by atoms with Crippen LogP contribution >= 0.6 is 0 Å². The van der Waals surface area contributed by atoms with Gasteiger partial charge in [0.2, 0.25) is 26.0 Å². The normalized spacial score (nSPS) is 21.5. The molecule has 1 unspecified atom stereocenters. The van der Waals surface area contributed by atoms with Gasteiger partial charge in [0.05, 0.1) is 18.8 Å². The lowest BCUT2D eigenvalue weighted by molar-refractivity contribution is -0.120. The van der Waals surface area contributed by atoms with E-state index in [9.17, 15) is 21.6 Å². The van der Waals surface area contributed by atoms with E-state index in [2.05, 4.69) is 5.32 Å². The minimum atomic E-state index is -3.73. The van der Waals surface area contributed by atoms with Crippen molar-refractivity contribution in [1.82, 2.24) is 8.61 Å².